The zero-order valence-corrected chi connectivity index (χ0v) is 10.8. The van der Waals surface area contributed by atoms with Crippen molar-refractivity contribution in [1.82, 2.24) is 5.32 Å². The standard InChI is InChI=1S/C14H15ClFNO/c15-11-4-1-3-10-9-12(18-13(10)11)14(16)5-2-7-17-8-6-14/h1,3-4,9,17H,2,5-8H2. The van der Waals surface area contributed by atoms with Gasteiger partial charge in [0.25, 0.3) is 0 Å². The van der Waals surface area contributed by atoms with Crippen molar-refractivity contribution in [3.63, 3.8) is 0 Å². The van der Waals surface area contributed by atoms with Gasteiger partial charge in [0.1, 0.15) is 5.76 Å². The van der Waals surface area contributed by atoms with Gasteiger partial charge in [-0.05, 0) is 38.1 Å². The molecule has 1 N–H and O–H groups in total. The van der Waals surface area contributed by atoms with Crippen LogP contribution >= 0.6 is 11.6 Å². The molecule has 1 fully saturated rings. The lowest BCUT2D eigenvalue weighted by Gasteiger charge is -2.20. The molecule has 1 aliphatic heterocycles. The van der Waals surface area contributed by atoms with Crippen molar-refractivity contribution >= 4 is 22.6 Å². The fourth-order valence-corrected chi connectivity index (χ4v) is 2.75. The summed E-state index contributed by atoms with van der Waals surface area (Å²) in [4.78, 5) is 0. The van der Waals surface area contributed by atoms with Gasteiger partial charge >= 0.3 is 0 Å². The molecule has 4 heteroatoms. The van der Waals surface area contributed by atoms with Gasteiger partial charge in [0, 0.05) is 11.8 Å². The predicted molar refractivity (Wildman–Crippen MR) is 70.7 cm³/mol. The molecule has 1 aliphatic rings. The summed E-state index contributed by atoms with van der Waals surface area (Å²) in [5.41, 5.74) is -0.783. The van der Waals surface area contributed by atoms with Crippen LogP contribution in [0.4, 0.5) is 4.39 Å². The number of fused-ring (bicyclic) bond motifs is 1. The van der Waals surface area contributed by atoms with Gasteiger partial charge in [-0.25, -0.2) is 4.39 Å². The third-order valence-electron chi connectivity index (χ3n) is 3.56. The molecule has 2 aromatic rings. The monoisotopic (exact) mass is 267 g/mol. The molecule has 3 rings (SSSR count). The van der Waals surface area contributed by atoms with Crippen LogP contribution in [0.1, 0.15) is 25.0 Å². The topological polar surface area (TPSA) is 25.2 Å². The van der Waals surface area contributed by atoms with Gasteiger partial charge < -0.3 is 9.73 Å². The third kappa shape index (κ3) is 2.02. The van der Waals surface area contributed by atoms with Crippen LogP contribution in [0.15, 0.2) is 28.7 Å². The highest BCUT2D eigenvalue weighted by Gasteiger charge is 2.36. The summed E-state index contributed by atoms with van der Waals surface area (Å²) < 4.78 is 20.6. The van der Waals surface area contributed by atoms with Gasteiger partial charge in [-0.3, -0.25) is 0 Å². The minimum Gasteiger partial charge on any atom is -0.456 e. The number of nitrogens with one attached hydrogen (secondary N) is 1. The SMILES string of the molecule is FC1(c2cc3cccc(Cl)c3o2)CCCNCC1. The van der Waals surface area contributed by atoms with Gasteiger partial charge in [-0.2, -0.15) is 0 Å². The Hall–Kier alpha value is -1.06. The first kappa shape index (κ1) is 12.0. The smallest absolute Gasteiger partial charge is 0.169 e. The average Bonchev–Trinajstić information content (AvgIpc) is 2.69. The third-order valence-corrected chi connectivity index (χ3v) is 3.86. The molecule has 0 bridgehead atoms. The van der Waals surface area contributed by atoms with Crippen molar-refractivity contribution in [2.75, 3.05) is 13.1 Å². The van der Waals surface area contributed by atoms with Crippen molar-refractivity contribution < 1.29 is 8.81 Å². The van der Waals surface area contributed by atoms with Crippen molar-refractivity contribution in [3.05, 3.63) is 35.0 Å². The largest absolute Gasteiger partial charge is 0.456 e. The van der Waals surface area contributed by atoms with Crippen molar-refractivity contribution in [3.8, 4) is 0 Å². The van der Waals surface area contributed by atoms with Gasteiger partial charge in [0.05, 0.1) is 5.02 Å². The minimum absolute atomic E-state index is 0.411. The molecule has 18 heavy (non-hydrogen) atoms. The maximum absolute atomic E-state index is 15.0. The number of alkyl halides is 1. The normalized spacial score (nSPS) is 25.2. The Bertz CT molecular complexity index is 558. The first-order chi connectivity index (χ1) is 8.69. The lowest BCUT2D eigenvalue weighted by Crippen LogP contribution is -2.21. The number of furan rings is 1. The Morgan fingerprint density at radius 2 is 2.17 bits per heavy atom. The van der Waals surface area contributed by atoms with E-state index >= 15 is 0 Å². The van der Waals surface area contributed by atoms with Gasteiger partial charge in [0.2, 0.25) is 0 Å². The van der Waals surface area contributed by atoms with Crippen LogP contribution in [-0.2, 0) is 5.67 Å². The van der Waals surface area contributed by atoms with Crippen molar-refractivity contribution in [2.24, 2.45) is 0 Å². The summed E-state index contributed by atoms with van der Waals surface area (Å²) in [6.45, 7) is 1.55. The highest BCUT2D eigenvalue weighted by molar-refractivity contribution is 6.34. The molecule has 1 aromatic carbocycles. The number of hydrogen-bond acceptors (Lipinski definition) is 2. The van der Waals surface area contributed by atoms with Crippen LogP contribution in [0.3, 0.4) is 0 Å². The zero-order chi connectivity index (χ0) is 12.6. The first-order valence-electron chi connectivity index (χ1n) is 6.27. The molecule has 0 saturated carbocycles. The molecule has 1 saturated heterocycles. The lowest BCUT2D eigenvalue weighted by atomic mass is 9.94. The molecule has 0 spiro atoms. The Morgan fingerprint density at radius 3 is 3.00 bits per heavy atom. The number of benzene rings is 1. The molecule has 1 aromatic heterocycles. The summed E-state index contributed by atoms with van der Waals surface area (Å²) in [5, 5.41) is 4.61. The van der Waals surface area contributed by atoms with E-state index in [4.69, 9.17) is 16.0 Å². The number of halogens is 2. The highest BCUT2D eigenvalue weighted by atomic mass is 35.5. The molecule has 2 heterocycles. The lowest BCUT2D eigenvalue weighted by molar-refractivity contribution is 0.115. The van der Waals surface area contributed by atoms with Crippen LogP contribution < -0.4 is 5.32 Å². The summed E-state index contributed by atoms with van der Waals surface area (Å²) in [5.74, 6) is 0.411. The Kier molecular flexibility index (Phi) is 3.04. The van der Waals surface area contributed by atoms with E-state index in [2.05, 4.69) is 5.32 Å². The fraction of sp³-hybridized carbons (Fsp3) is 0.429. The first-order valence-corrected chi connectivity index (χ1v) is 6.65. The van der Waals surface area contributed by atoms with Crippen LogP contribution in [-0.4, -0.2) is 13.1 Å². The summed E-state index contributed by atoms with van der Waals surface area (Å²) in [7, 11) is 0. The molecule has 96 valence electrons. The molecular formula is C14H15ClFNO. The van der Waals surface area contributed by atoms with E-state index in [1.54, 1.807) is 12.1 Å². The Labute approximate surface area is 110 Å². The van der Waals surface area contributed by atoms with E-state index in [1.165, 1.54) is 0 Å². The van der Waals surface area contributed by atoms with Crippen molar-refractivity contribution in [2.45, 2.75) is 24.9 Å². The maximum Gasteiger partial charge on any atom is 0.169 e. The van der Waals surface area contributed by atoms with Crippen LogP contribution in [0.25, 0.3) is 11.0 Å². The average molecular weight is 268 g/mol. The molecule has 2 nitrogen and oxygen atoms in total. The Balaban J connectivity index is 2.05. The second-order valence-corrected chi connectivity index (χ2v) is 5.24. The van der Waals surface area contributed by atoms with E-state index in [9.17, 15) is 4.39 Å². The molecule has 0 amide bonds. The van der Waals surface area contributed by atoms with E-state index < -0.39 is 5.67 Å². The maximum atomic E-state index is 15.0. The second kappa shape index (κ2) is 4.56. The molecular weight excluding hydrogens is 253 g/mol. The van der Waals surface area contributed by atoms with Crippen LogP contribution in [0.2, 0.25) is 5.02 Å². The van der Waals surface area contributed by atoms with E-state index in [1.807, 2.05) is 12.1 Å². The number of rotatable bonds is 1. The van der Waals surface area contributed by atoms with E-state index in [-0.39, 0.29) is 0 Å². The summed E-state index contributed by atoms with van der Waals surface area (Å²) in [6, 6.07) is 7.29. The van der Waals surface area contributed by atoms with Crippen LogP contribution in [0.5, 0.6) is 0 Å². The highest BCUT2D eigenvalue weighted by Crippen LogP contribution is 2.39. The molecule has 1 atom stereocenters. The molecule has 0 aliphatic carbocycles. The van der Waals surface area contributed by atoms with E-state index in [0.717, 1.165) is 18.4 Å². The minimum atomic E-state index is -1.37. The number of hydrogen-bond donors (Lipinski definition) is 1. The van der Waals surface area contributed by atoms with Crippen molar-refractivity contribution in [1.29, 1.82) is 0 Å². The second-order valence-electron chi connectivity index (χ2n) is 4.84. The van der Waals surface area contributed by atoms with Gasteiger partial charge in [0.15, 0.2) is 11.3 Å². The van der Waals surface area contributed by atoms with Gasteiger partial charge in [-0.1, -0.05) is 23.7 Å². The van der Waals surface area contributed by atoms with E-state index in [0.29, 0.717) is 35.8 Å². The van der Waals surface area contributed by atoms with Gasteiger partial charge in [-0.15, -0.1) is 0 Å². The number of para-hydroxylation sites is 1. The Morgan fingerprint density at radius 1 is 1.28 bits per heavy atom. The summed E-state index contributed by atoms with van der Waals surface area (Å²) in [6.07, 6.45) is 1.77. The predicted octanol–water partition coefficient (Wildman–Crippen LogP) is 4.02. The fourth-order valence-electron chi connectivity index (χ4n) is 2.52. The molecule has 0 radical (unpaired) electrons. The summed E-state index contributed by atoms with van der Waals surface area (Å²) >= 11 is 6.06. The quantitative estimate of drug-likeness (QED) is 0.844. The van der Waals surface area contributed by atoms with Crippen LogP contribution in [0, 0.1) is 0 Å². The molecule has 1 unspecified atom stereocenters. The zero-order valence-electron chi connectivity index (χ0n) is 10.0.